The lowest BCUT2D eigenvalue weighted by atomic mass is 10.4. The van der Waals surface area contributed by atoms with Crippen molar-refractivity contribution in [3.8, 4) is 0 Å². The van der Waals surface area contributed by atoms with Crippen LogP contribution < -0.4 is 5.32 Å². The van der Waals surface area contributed by atoms with E-state index in [0.29, 0.717) is 17.0 Å². The maximum Gasteiger partial charge on any atom is 0.226 e. The smallest absolute Gasteiger partial charge is 0.226 e. The van der Waals surface area contributed by atoms with E-state index in [1.54, 1.807) is 12.4 Å². The predicted octanol–water partition coefficient (Wildman–Crippen LogP) is 1.05. The molecule has 1 N–H and O–H groups in total. The lowest BCUT2D eigenvalue weighted by Gasteiger charge is -2.11. The Morgan fingerprint density at radius 2 is 2.00 bits per heavy atom. The van der Waals surface area contributed by atoms with Gasteiger partial charge < -0.3 is 10.2 Å². The number of fused-ring (bicyclic) bond motifs is 1. The molecular weight excluding hydrogens is 240 g/mol. The van der Waals surface area contributed by atoms with Crippen LogP contribution in [0.25, 0.3) is 11.2 Å². The summed E-state index contributed by atoms with van der Waals surface area (Å²) in [5.41, 5.74) is 1.13. The van der Waals surface area contributed by atoms with E-state index < -0.39 is 0 Å². The van der Waals surface area contributed by atoms with Gasteiger partial charge in [0.15, 0.2) is 17.0 Å². The molecule has 0 aliphatic rings. The van der Waals surface area contributed by atoms with E-state index in [9.17, 15) is 0 Å². The molecular formula is C10H13ClN6. The summed E-state index contributed by atoms with van der Waals surface area (Å²) >= 11 is 5.82. The summed E-state index contributed by atoms with van der Waals surface area (Å²) in [5.74, 6) is 0.620. The SMILES string of the molecule is CN(C)CCNc1nc(Cl)nc2nccnc12. The first kappa shape index (κ1) is 11.9. The molecule has 0 aliphatic heterocycles. The van der Waals surface area contributed by atoms with Gasteiger partial charge in [0.05, 0.1) is 0 Å². The van der Waals surface area contributed by atoms with Crippen LogP contribution in [0.3, 0.4) is 0 Å². The molecule has 0 radical (unpaired) electrons. The van der Waals surface area contributed by atoms with Crippen molar-refractivity contribution in [2.24, 2.45) is 0 Å². The first-order chi connectivity index (χ1) is 8.16. The molecule has 0 aliphatic carbocycles. The summed E-state index contributed by atoms with van der Waals surface area (Å²) in [5, 5.41) is 3.35. The summed E-state index contributed by atoms with van der Waals surface area (Å²) in [7, 11) is 4.01. The van der Waals surface area contributed by atoms with Gasteiger partial charge in [0.25, 0.3) is 0 Å². The molecule has 2 aromatic rings. The van der Waals surface area contributed by atoms with Crippen molar-refractivity contribution in [1.82, 2.24) is 24.8 Å². The molecule has 0 atom stereocenters. The molecule has 0 saturated heterocycles. The highest BCUT2D eigenvalue weighted by molar-refractivity contribution is 6.28. The van der Waals surface area contributed by atoms with Crippen molar-refractivity contribution in [1.29, 1.82) is 0 Å². The zero-order valence-corrected chi connectivity index (χ0v) is 10.4. The second kappa shape index (κ2) is 5.20. The molecule has 90 valence electrons. The van der Waals surface area contributed by atoms with E-state index >= 15 is 0 Å². The number of anilines is 1. The molecule has 0 aromatic carbocycles. The normalized spacial score (nSPS) is 11.1. The monoisotopic (exact) mass is 252 g/mol. The van der Waals surface area contributed by atoms with Crippen LogP contribution in [-0.2, 0) is 0 Å². The lowest BCUT2D eigenvalue weighted by Crippen LogP contribution is -2.21. The highest BCUT2D eigenvalue weighted by Gasteiger charge is 2.07. The highest BCUT2D eigenvalue weighted by atomic mass is 35.5. The van der Waals surface area contributed by atoms with Gasteiger partial charge in [-0.1, -0.05) is 0 Å². The summed E-state index contributed by atoms with van der Waals surface area (Å²) in [6, 6.07) is 0. The summed E-state index contributed by atoms with van der Waals surface area (Å²) < 4.78 is 0. The van der Waals surface area contributed by atoms with Crippen molar-refractivity contribution in [2.75, 3.05) is 32.5 Å². The average molecular weight is 253 g/mol. The molecule has 7 heteroatoms. The zero-order chi connectivity index (χ0) is 12.3. The van der Waals surface area contributed by atoms with E-state index in [4.69, 9.17) is 11.6 Å². The average Bonchev–Trinajstić information content (AvgIpc) is 2.28. The molecule has 2 heterocycles. The maximum absolute atomic E-state index is 5.82. The summed E-state index contributed by atoms with van der Waals surface area (Å²) in [6.45, 7) is 1.65. The van der Waals surface area contributed by atoms with Crippen LogP contribution in [0.1, 0.15) is 0 Å². The Labute approximate surface area is 104 Å². The van der Waals surface area contributed by atoms with Gasteiger partial charge in [0.1, 0.15) is 0 Å². The molecule has 6 nitrogen and oxygen atoms in total. The number of hydrogen-bond acceptors (Lipinski definition) is 6. The summed E-state index contributed by atoms with van der Waals surface area (Å²) in [4.78, 5) is 18.5. The predicted molar refractivity (Wildman–Crippen MR) is 67.2 cm³/mol. The van der Waals surface area contributed by atoms with Gasteiger partial charge in [0, 0.05) is 25.5 Å². The van der Waals surface area contributed by atoms with Crippen LogP contribution in [0.5, 0.6) is 0 Å². The Morgan fingerprint density at radius 3 is 2.76 bits per heavy atom. The fourth-order valence-corrected chi connectivity index (χ4v) is 1.52. The lowest BCUT2D eigenvalue weighted by molar-refractivity contribution is 0.425. The van der Waals surface area contributed by atoms with Crippen LogP contribution in [0.2, 0.25) is 5.28 Å². The first-order valence-corrected chi connectivity index (χ1v) is 5.57. The third-order valence-electron chi connectivity index (χ3n) is 2.16. The number of likely N-dealkylation sites (N-methyl/N-ethyl adjacent to an activating group) is 1. The molecule has 0 spiro atoms. The minimum atomic E-state index is 0.172. The van der Waals surface area contributed by atoms with E-state index in [2.05, 4.69) is 30.2 Å². The molecule has 0 unspecified atom stereocenters. The number of halogens is 1. The number of hydrogen-bond donors (Lipinski definition) is 1. The molecule has 0 bridgehead atoms. The van der Waals surface area contributed by atoms with Crippen molar-refractivity contribution in [2.45, 2.75) is 0 Å². The minimum Gasteiger partial charge on any atom is -0.367 e. The van der Waals surface area contributed by atoms with Crippen LogP contribution >= 0.6 is 11.6 Å². The first-order valence-electron chi connectivity index (χ1n) is 5.19. The van der Waals surface area contributed by atoms with Gasteiger partial charge in [-0.05, 0) is 25.7 Å². The largest absolute Gasteiger partial charge is 0.367 e. The third-order valence-corrected chi connectivity index (χ3v) is 2.33. The van der Waals surface area contributed by atoms with Crippen molar-refractivity contribution in [3.05, 3.63) is 17.7 Å². The van der Waals surface area contributed by atoms with Crippen molar-refractivity contribution < 1.29 is 0 Å². The summed E-state index contributed by atoms with van der Waals surface area (Å²) in [6.07, 6.45) is 3.19. The second-order valence-electron chi connectivity index (χ2n) is 3.80. The molecule has 2 aromatic heterocycles. The van der Waals surface area contributed by atoms with Gasteiger partial charge in [-0.3, -0.25) is 0 Å². The van der Waals surface area contributed by atoms with Crippen LogP contribution in [0.15, 0.2) is 12.4 Å². The number of aromatic nitrogens is 4. The van der Waals surface area contributed by atoms with Crippen molar-refractivity contribution in [3.63, 3.8) is 0 Å². The molecule has 0 amide bonds. The van der Waals surface area contributed by atoms with E-state index in [-0.39, 0.29) is 5.28 Å². The van der Waals surface area contributed by atoms with E-state index in [1.165, 1.54) is 0 Å². The number of nitrogens with zero attached hydrogens (tertiary/aromatic N) is 5. The minimum absolute atomic E-state index is 0.172. The van der Waals surface area contributed by atoms with Gasteiger partial charge in [0.2, 0.25) is 5.28 Å². The Balaban J connectivity index is 2.26. The highest BCUT2D eigenvalue weighted by Crippen LogP contribution is 2.17. The Bertz CT molecular complexity index is 515. The topological polar surface area (TPSA) is 66.8 Å². The fourth-order valence-electron chi connectivity index (χ4n) is 1.36. The number of rotatable bonds is 4. The van der Waals surface area contributed by atoms with Gasteiger partial charge in [-0.2, -0.15) is 9.97 Å². The Hall–Kier alpha value is -1.53. The van der Waals surface area contributed by atoms with Crippen LogP contribution in [-0.4, -0.2) is 52.0 Å². The third kappa shape index (κ3) is 2.98. The van der Waals surface area contributed by atoms with Crippen LogP contribution in [0.4, 0.5) is 5.82 Å². The van der Waals surface area contributed by atoms with Crippen molar-refractivity contribution >= 4 is 28.6 Å². The van der Waals surface area contributed by atoms with Gasteiger partial charge >= 0.3 is 0 Å². The van der Waals surface area contributed by atoms with Crippen LogP contribution in [0, 0.1) is 0 Å². The van der Waals surface area contributed by atoms with Gasteiger partial charge in [-0.15, -0.1) is 0 Å². The van der Waals surface area contributed by atoms with E-state index in [1.807, 2.05) is 14.1 Å². The Morgan fingerprint density at radius 1 is 1.24 bits per heavy atom. The van der Waals surface area contributed by atoms with E-state index in [0.717, 1.165) is 13.1 Å². The molecule has 17 heavy (non-hydrogen) atoms. The Kier molecular flexibility index (Phi) is 3.65. The maximum atomic E-state index is 5.82. The zero-order valence-electron chi connectivity index (χ0n) is 9.68. The molecule has 0 saturated carbocycles. The second-order valence-corrected chi connectivity index (χ2v) is 4.14. The molecule has 2 rings (SSSR count). The number of nitrogens with one attached hydrogen (secondary N) is 1. The standard InChI is InChI=1S/C10H13ClN6/c1-17(2)6-5-14-9-7-8(13-4-3-12-7)15-10(11)16-9/h3-4H,5-6H2,1-2H3,(H,13,14,15,16). The quantitative estimate of drug-likeness (QED) is 0.821. The fraction of sp³-hybridized carbons (Fsp3) is 0.400. The molecule has 0 fully saturated rings. The van der Waals surface area contributed by atoms with Gasteiger partial charge in [-0.25, -0.2) is 9.97 Å².